The first-order chi connectivity index (χ1) is 12.5. The molecule has 0 aliphatic carbocycles. The van der Waals surface area contributed by atoms with Crippen molar-refractivity contribution < 1.29 is 39.1 Å². The number of amides is 1. The first-order valence-corrected chi connectivity index (χ1v) is 8.62. The van der Waals surface area contributed by atoms with Crippen LogP contribution in [0.5, 0.6) is 0 Å². The van der Waals surface area contributed by atoms with Crippen LogP contribution in [0.1, 0.15) is 6.92 Å². The zero-order valence-electron chi connectivity index (χ0n) is 14.6. The van der Waals surface area contributed by atoms with Crippen molar-refractivity contribution in [1.82, 2.24) is 5.32 Å². The quantitative estimate of drug-likeness (QED) is 0.169. The summed E-state index contributed by atoms with van der Waals surface area (Å²) in [7, 11) is 0. The molecule has 1 saturated heterocycles. The molecule has 1 aliphatic rings. The van der Waals surface area contributed by atoms with E-state index < -0.39 is 43.2 Å². The molecular formula is C15H26N2O8S. The van der Waals surface area contributed by atoms with E-state index in [-0.39, 0.29) is 13.2 Å². The van der Waals surface area contributed by atoms with Gasteiger partial charge in [0.05, 0.1) is 51.3 Å². The molecule has 1 amide bonds. The van der Waals surface area contributed by atoms with E-state index in [0.717, 1.165) is 0 Å². The van der Waals surface area contributed by atoms with Crippen LogP contribution in [0.2, 0.25) is 0 Å². The van der Waals surface area contributed by atoms with Crippen LogP contribution in [0.15, 0.2) is 4.99 Å². The maximum absolute atomic E-state index is 11.3. The molecule has 2 unspecified atom stereocenters. The van der Waals surface area contributed by atoms with Crippen LogP contribution in [-0.2, 0) is 23.7 Å². The minimum Gasteiger partial charge on any atom is -0.394 e. The average Bonchev–Trinajstić information content (AvgIpc) is 2.62. The number of carbonyl (C=O) groups excluding carboxylic acids is 1. The Balaban J connectivity index is 2.30. The molecule has 0 aromatic rings. The van der Waals surface area contributed by atoms with Crippen molar-refractivity contribution in [1.29, 1.82) is 0 Å². The molecule has 1 fully saturated rings. The number of hydrogen-bond donors (Lipinski definition) is 4. The third kappa shape index (κ3) is 8.12. The van der Waals surface area contributed by atoms with Gasteiger partial charge in [0, 0.05) is 6.92 Å². The van der Waals surface area contributed by atoms with Crippen LogP contribution >= 0.6 is 12.2 Å². The van der Waals surface area contributed by atoms with Gasteiger partial charge in [0.15, 0.2) is 6.29 Å². The van der Waals surface area contributed by atoms with Gasteiger partial charge in [0.25, 0.3) is 0 Å². The molecule has 150 valence electrons. The van der Waals surface area contributed by atoms with E-state index in [1.807, 2.05) is 0 Å². The Morgan fingerprint density at radius 3 is 2.46 bits per heavy atom. The summed E-state index contributed by atoms with van der Waals surface area (Å²) in [4.78, 5) is 15.0. The number of carbonyl (C=O) groups is 1. The smallest absolute Gasteiger partial charge is 0.217 e. The van der Waals surface area contributed by atoms with E-state index in [1.54, 1.807) is 0 Å². The summed E-state index contributed by atoms with van der Waals surface area (Å²) in [6.07, 6.45) is -4.71. The van der Waals surface area contributed by atoms with Crippen molar-refractivity contribution >= 4 is 23.3 Å². The van der Waals surface area contributed by atoms with E-state index in [4.69, 9.17) is 18.9 Å². The summed E-state index contributed by atoms with van der Waals surface area (Å²) in [5, 5.41) is 33.9. The Bertz CT molecular complexity index is 463. The second-order valence-electron chi connectivity index (χ2n) is 5.50. The van der Waals surface area contributed by atoms with Gasteiger partial charge < -0.3 is 39.6 Å². The molecule has 5 atom stereocenters. The highest BCUT2D eigenvalue weighted by Crippen LogP contribution is 2.22. The van der Waals surface area contributed by atoms with Crippen molar-refractivity contribution in [2.45, 2.75) is 37.6 Å². The van der Waals surface area contributed by atoms with Crippen LogP contribution in [0, 0.1) is 0 Å². The minimum absolute atomic E-state index is 0.122. The molecule has 0 radical (unpaired) electrons. The fourth-order valence-electron chi connectivity index (χ4n) is 2.31. The summed E-state index contributed by atoms with van der Waals surface area (Å²) in [6.45, 7) is 2.76. The molecule has 11 heteroatoms. The minimum atomic E-state index is -1.34. The first kappa shape index (κ1) is 23.0. The van der Waals surface area contributed by atoms with E-state index in [0.29, 0.717) is 26.4 Å². The Kier molecular flexibility index (Phi) is 11.7. The topological polar surface area (TPSA) is 139 Å². The fraction of sp³-hybridized carbons (Fsp3) is 0.867. The van der Waals surface area contributed by atoms with Crippen LogP contribution in [0.25, 0.3) is 0 Å². The van der Waals surface area contributed by atoms with E-state index >= 15 is 0 Å². The molecule has 0 saturated carbocycles. The van der Waals surface area contributed by atoms with Crippen LogP contribution < -0.4 is 5.32 Å². The van der Waals surface area contributed by atoms with Gasteiger partial charge in [-0.2, -0.15) is 0 Å². The highest BCUT2D eigenvalue weighted by Gasteiger charge is 2.45. The van der Waals surface area contributed by atoms with Crippen molar-refractivity contribution in [3.05, 3.63) is 0 Å². The van der Waals surface area contributed by atoms with Crippen molar-refractivity contribution in [3.8, 4) is 0 Å². The molecule has 1 rings (SSSR count). The van der Waals surface area contributed by atoms with Crippen LogP contribution in [0.4, 0.5) is 0 Å². The molecule has 0 spiro atoms. The van der Waals surface area contributed by atoms with Crippen molar-refractivity contribution in [3.63, 3.8) is 0 Å². The standard InChI is InChI=1S/C15H26N2O8S/c1-10(19)17-12-14(21)13(20)11(8-18)25-15(12)24-7-6-23-5-4-22-3-2-16-9-26/h11-15,18,20-21H,2-8H2,1H3,(H,17,19)/t11?,12?,13-,14+,15+/m0/s1. The SMILES string of the molecule is CC(=O)NC1[C@H](OCCOCCOCCN=C=S)OC(CO)[C@H](O)[C@@H]1O. The fourth-order valence-corrected chi connectivity index (χ4v) is 2.41. The van der Waals surface area contributed by atoms with Gasteiger partial charge >= 0.3 is 0 Å². The largest absolute Gasteiger partial charge is 0.394 e. The molecule has 26 heavy (non-hydrogen) atoms. The number of isothiocyanates is 1. The van der Waals surface area contributed by atoms with Crippen LogP contribution in [0.3, 0.4) is 0 Å². The molecular weight excluding hydrogens is 368 g/mol. The number of aliphatic imine (C=N–C) groups is 1. The summed E-state index contributed by atoms with van der Waals surface area (Å²) >= 11 is 4.43. The van der Waals surface area contributed by atoms with E-state index in [2.05, 4.69) is 27.7 Å². The van der Waals surface area contributed by atoms with Gasteiger partial charge in [0.1, 0.15) is 24.4 Å². The Labute approximate surface area is 157 Å². The molecule has 4 N–H and O–H groups in total. The lowest BCUT2D eigenvalue weighted by atomic mass is 9.97. The van der Waals surface area contributed by atoms with Crippen molar-refractivity contribution in [2.75, 3.05) is 46.2 Å². The third-order valence-electron chi connectivity index (χ3n) is 3.54. The van der Waals surface area contributed by atoms with Gasteiger partial charge in [-0.25, -0.2) is 4.99 Å². The third-order valence-corrected chi connectivity index (χ3v) is 3.67. The Hall–Kier alpha value is -1.01. The number of aliphatic hydroxyl groups is 3. The lowest BCUT2D eigenvalue weighted by Gasteiger charge is -2.42. The van der Waals surface area contributed by atoms with E-state index in [9.17, 15) is 20.1 Å². The lowest BCUT2D eigenvalue weighted by molar-refractivity contribution is -0.272. The number of ether oxygens (including phenoxy) is 4. The summed E-state index contributed by atoms with van der Waals surface area (Å²) in [6, 6.07) is -0.963. The second-order valence-corrected chi connectivity index (χ2v) is 5.68. The second kappa shape index (κ2) is 13.2. The summed E-state index contributed by atoms with van der Waals surface area (Å²) < 4.78 is 21.5. The zero-order valence-corrected chi connectivity index (χ0v) is 15.4. The predicted molar refractivity (Wildman–Crippen MR) is 92.8 cm³/mol. The van der Waals surface area contributed by atoms with Gasteiger partial charge in [-0.3, -0.25) is 4.79 Å². The Morgan fingerprint density at radius 2 is 1.85 bits per heavy atom. The molecule has 0 aromatic heterocycles. The predicted octanol–water partition coefficient (Wildman–Crippen LogP) is -1.92. The summed E-state index contributed by atoms with van der Waals surface area (Å²) in [5.41, 5.74) is 0. The van der Waals surface area contributed by atoms with Gasteiger partial charge in [-0.1, -0.05) is 0 Å². The molecule has 0 bridgehead atoms. The molecule has 0 aromatic carbocycles. The molecule has 10 nitrogen and oxygen atoms in total. The maximum Gasteiger partial charge on any atom is 0.217 e. The monoisotopic (exact) mass is 394 g/mol. The highest BCUT2D eigenvalue weighted by molar-refractivity contribution is 7.78. The van der Waals surface area contributed by atoms with Gasteiger partial charge in [-0.05, 0) is 12.2 Å². The number of aliphatic hydroxyl groups excluding tert-OH is 3. The maximum atomic E-state index is 11.3. The average molecular weight is 394 g/mol. The number of thiocarbonyl (C=S) groups is 1. The van der Waals surface area contributed by atoms with E-state index in [1.165, 1.54) is 6.92 Å². The lowest BCUT2D eigenvalue weighted by Crippen LogP contribution is -2.64. The number of rotatable bonds is 12. The van der Waals surface area contributed by atoms with Crippen LogP contribution in [-0.4, -0.2) is 103 Å². The molecule has 1 heterocycles. The zero-order chi connectivity index (χ0) is 19.4. The first-order valence-electron chi connectivity index (χ1n) is 8.21. The molecule has 1 aliphatic heterocycles. The normalized spacial score (nSPS) is 28.4. The van der Waals surface area contributed by atoms with Crippen molar-refractivity contribution in [2.24, 2.45) is 4.99 Å². The van der Waals surface area contributed by atoms with Gasteiger partial charge in [0.2, 0.25) is 5.91 Å². The Morgan fingerprint density at radius 1 is 1.19 bits per heavy atom. The highest BCUT2D eigenvalue weighted by atomic mass is 32.1. The van der Waals surface area contributed by atoms with Gasteiger partial charge in [-0.15, -0.1) is 0 Å². The number of nitrogens with zero attached hydrogens (tertiary/aromatic N) is 1. The number of nitrogens with one attached hydrogen (secondary N) is 1. The summed E-state index contributed by atoms with van der Waals surface area (Å²) in [5.74, 6) is -0.410. The number of hydrogen-bond acceptors (Lipinski definition) is 10.